The fraction of sp³-hybridized carbons (Fsp3) is 0.643. The van der Waals surface area contributed by atoms with Gasteiger partial charge in [-0.25, -0.2) is 0 Å². The van der Waals surface area contributed by atoms with Crippen LogP contribution in [0.25, 0.3) is 10.8 Å². The first-order valence-electron chi connectivity index (χ1n) is 13.0. The van der Waals surface area contributed by atoms with Crippen molar-refractivity contribution in [3.8, 4) is 11.5 Å². The molecule has 2 aromatic carbocycles. The predicted octanol–water partition coefficient (Wildman–Crippen LogP) is 6.30. The van der Waals surface area contributed by atoms with Gasteiger partial charge in [0.1, 0.15) is 25.0 Å². The third-order valence-corrected chi connectivity index (χ3v) is 8.87. The molecule has 4 nitrogen and oxygen atoms in total. The minimum Gasteiger partial charge on any atom is -0.478 e. The molecule has 4 heteroatoms. The molecule has 2 saturated carbocycles. The van der Waals surface area contributed by atoms with Gasteiger partial charge in [0.15, 0.2) is 0 Å². The van der Waals surface area contributed by atoms with Gasteiger partial charge in [-0.2, -0.15) is 0 Å². The van der Waals surface area contributed by atoms with E-state index in [-0.39, 0.29) is 0 Å². The number of hydrogen-bond acceptors (Lipinski definition) is 4. The van der Waals surface area contributed by atoms with E-state index in [0.29, 0.717) is 12.1 Å². The molecule has 6 rings (SSSR count). The Morgan fingerprint density at radius 1 is 0.688 bits per heavy atom. The highest BCUT2D eigenvalue weighted by Gasteiger charge is 2.33. The SMILES string of the molecule is CC1CCCCC1N1COc2c(ccc3c4c(ccc23)OCN(C2CCCCC2C)C4)C1. The second kappa shape index (κ2) is 8.53. The van der Waals surface area contributed by atoms with Gasteiger partial charge in [0.2, 0.25) is 0 Å². The van der Waals surface area contributed by atoms with Crippen LogP contribution in [-0.4, -0.2) is 35.3 Å². The van der Waals surface area contributed by atoms with Crippen molar-refractivity contribution in [2.45, 2.75) is 90.4 Å². The normalized spacial score (nSPS) is 31.4. The van der Waals surface area contributed by atoms with E-state index in [1.54, 1.807) is 0 Å². The minimum absolute atomic E-state index is 0.645. The summed E-state index contributed by atoms with van der Waals surface area (Å²) in [5.74, 6) is 3.69. The number of nitrogens with zero attached hydrogens (tertiary/aromatic N) is 2. The van der Waals surface area contributed by atoms with Crippen molar-refractivity contribution >= 4 is 10.8 Å². The summed E-state index contributed by atoms with van der Waals surface area (Å²) in [4.78, 5) is 5.16. The molecule has 0 amide bonds. The molecule has 4 aliphatic rings. The Labute approximate surface area is 192 Å². The molecule has 0 saturated heterocycles. The topological polar surface area (TPSA) is 24.9 Å². The van der Waals surface area contributed by atoms with Gasteiger partial charge in [0.05, 0.1) is 0 Å². The lowest BCUT2D eigenvalue weighted by Gasteiger charge is -2.42. The molecule has 0 bridgehead atoms. The third kappa shape index (κ3) is 3.60. The summed E-state index contributed by atoms with van der Waals surface area (Å²) in [6.07, 6.45) is 10.8. The summed E-state index contributed by atoms with van der Waals surface area (Å²) >= 11 is 0. The molecule has 2 heterocycles. The van der Waals surface area contributed by atoms with Crippen LogP contribution >= 0.6 is 0 Å². The van der Waals surface area contributed by atoms with Crippen molar-refractivity contribution < 1.29 is 9.47 Å². The zero-order chi connectivity index (χ0) is 21.7. The zero-order valence-electron chi connectivity index (χ0n) is 19.8. The van der Waals surface area contributed by atoms with E-state index < -0.39 is 0 Å². The van der Waals surface area contributed by atoms with E-state index in [1.807, 2.05) is 0 Å². The van der Waals surface area contributed by atoms with Crippen LogP contribution in [0, 0.1) is 11.8 Å². The zero-order valence-corrected chi connectivity index (χ0v) is 19.8. The van der Waals surface area contributed by atoms with Crippen molar-refractivity contribution in [2.75, 3.05) is 13.5 Å². The molecule has 172 valence electrons. The first kappa shape index (κ1) is 20.8. The maximum atomic E-state index is 6.47. The summed E-state index contributed by atoms with van der Waals surface area (Å²) in [6, 6.07) is 10.4. The van der Waals surface area contributed by atoms with Crippen LogP contribution in [0.5, 0.6) is 11.5 Å². The second-order valence-corrected chi connectivity index (χ2v) is 10.9. The molecule has 0 spiro atoms. The molecule has 2 fully saturated rings. The fourth-order valence-corrected chi connectivity index (χ4v) is 6.98. The van der Waals surface area contributed by atoms with Crippen LogP contribution in [0.3, 0.4) is 0 Å². The average Bonchev–Trinajstić information content (AvgIpc) is 2.83. The maximum absolute atomic E-state index is 6.47. The number of rotatable bonds is 2. The van der Waals surface area contributed by atoms with Crippen molar-refractivity contribution in [1.82, 2.24) is 9.80 Å². The van der Waals surface area contributed by atoms with Crippen LogP contribution in [0.15, 0.2) is 24.3 Å². The number of benzene rings is 2. The van der Waals surface area contributed by atoms with Crippen LogP contribution in [0.4, 0.5) is 0 Å². The molecule has 0 aromatic heterocycles. The predicted molar refractivity (Wildman–Crippen MR) is 129 cm³/mol. The van der Waals surface area contributed by atoms with Gasteiger partial charge in [0.25, 0.3) is 0 Å². The van der Waals surface area contributed by atoms with Crippen LogP contribution in [0.1, 0.15) is 76.3 Å². The summed E-state index contributed by atoms with van der Waals surface area (Å²) < 4.78 is 12.7. The van der Waals surface area contributed by atoms with Gasteiger partial charge in [-0.3, -0.25) is 9.80 Å². The van der Waals surface area contributed by atoms with Gasteiger partial charge in [-0.05, 0) is 55.0 Å². The molecule has 2 aromatic rings. The average molecular weight is 435 g/mol. The fourth-order valence-electron chi connectivity index (χ4n) is 6.98. The number of ether oxygens (including phenoxy) is 2. The minimum atomic E-state index is 0.645. The largest absolute Gasteiger partial charge is 0.478 e. The van der Waals surface area contributed by atoms with E-state index in [9.17, 15) is 0 Å². The van der Waals surface area contributed by atoms with Crippen molar-refractivity contribution in [3.63, 3.8) is 0 Å². The van der Waals surface area contributed by atoms with Gasteiger partial charge in [-0.15, -0.1) is 0 Å². The summed E-state index contributed by atoms with van der Waals surface area (Å²) in [5.41, 5.74) is 2.69. The van der Waals surface area contributed by atoms with E-state index >= 15 is 0 Å². The lowest BCUT2D eigenvalue weighted by molar-refractivity contribution is 0.0181. The monoisotopic (exact) mass is 434 g/mol. The van der Waals surface area contributed by atoms with E-state index in [2.05, 4.69) is 47.9 Å². The Kier molecular flexibility index (Phi) is 5.55. The molecule has 4 atom stereocenters. The second-order valence-electron chi connectivity index (χ2n) is 10.9. The van der Waals surface area contributed by atoms with Crippen LogP contribution in [0.2, 0.25) is 0 Å². The number of fused-ring (bicyclic) bond motifs is 5. The Bertz CT molecular complexity index is 989. The third-order valence-electron chi connectivity index (χ3n) is 8.87. The Morgan fingerprint density at radius 3 is 2.03 bits per heavy atom. The smallest absolute Gasteiger partial charge is 0.142 e. The lowest BCUT2D eigenvalue weighted by atomic mass is 9.84. The molecular formula is C28H38N2O2. The van der Waals surface area contributed by atoms with Gasteiger partial charge >= 0.3 is 0 Å². The summed E-state index contributed by atoms with van der Waals surface area (Å²) in [7, 11) is 0. The summed E-state index contributed by atoms with van der Waals surface area (Å²) in [5, 5.41) is 2.58. The highest BCUT2D eigenvalue weighted by molar-refractivity contribution is 5.94. The van der Waals surface area contributed by atoms with Gasteiger partial charge in [-0.1, -0.05) is 51.7 Å². The van der Waals surface area contributed by atoms with Gasteiger partial charge in [0, 0.05) is 41.7 Å². The highest BCUT2D eigenvalue weighted by atomic mass is 16.5. The Balaban J connectivity index is 1.29. The molecule has 32 heavy (non-hydrogen) atoms. The van der Waals surface area contributed by atoms with Gasteiger partial charge < -0.3 is 9.47 Å². The van der Waals surface area contributed by atoms with E-state index in [0.717, 1.165) is 49.9 Å². The van der Waals surface area contributed by atoms with Crippen LogP contribution < -0.4 is 9.47 Å². The number of hydrogen-bond donors (Lipinski definition) is 0. The first-order chi connectivity index (χ1) is 15.7. The maximum Gasteiger partial charge on any atom is 0.142 e. The molecule has 2 aliphatic carbocycles. The van der Waals surface area contributed by atoms with Crippen molar-refractivity contribution in [2.24, 2.45) is 11.8 Å². The lowest BCUT2D eigenvalue weighted by Crippen LogP contribution is -2.45. The quantitative estimate of drug-likeness (QED) is 0.554. The first-order valence-corrected chi connectivity index (χ1v) is 13.0. The van der Waals surface area contributed by atoms with E-state index in [4.69, 9.17) is 9.47 Å². The molecular weight excluding hydrogens is 396 g/mol. The van der Waals surface area contributed by atoms with Crippen LogP contribution in [-0.2, 0) is 13.1 Å². The molecule has 2 aliphatic heterocycles. The molecule has 0 radical (unpaired) electrons. The van der Waals surface area contributed by atoms with E-state index in [1.165, 1.54) is 73.3 Å². The van der Waals surface area contributed by atoms with Crippen molar-refractivity contribution in [3.05, 3.63) is 35.4 Å². The van der Waals surface area contributed by atoms with Crippen molar-refractivity contribution in [1.29, 1.82) is 0 Å². The molecule has 0 N–H and O–H groups in total. The Morgan fingerprint density at radius 2 is 1.31 bits per heavy atom. The Hall–Kier alpha value is -1.78. The molecule has 4 unspecified atom stereocenters. The summed E-state index contributed by atoms with van der Waals surface area (Å²) in [6.45, 7) is 8.30. The standard InChI is InChI=1S/C28H38N2O2/c1-19-7-3-5-9-25(19)29-15-21-11-12-22-23(28(21)32-18-29)13-14-27-24(22)16-30(17-31-27)26-10-6-4-8-20(26)2/h11-14,19-20,25-26H,3-10,15-18H2,1-2H3. The highest BCUT2D eigenvalue weighted by Crippen LogP contribution is 2.42.